The molecule has 1 saturated carbocycles. The molecule has 0 radical (unpaired) electrons. The Morgan fingerprint density at radius 1 is 0.897 bits per heavy atom. The van der Waals surface area contributed by atoms with Gasteiger partial charge in [0.1, 0.15) is 5.52 Å². The summed E-state index contributed by atoms with van der Waals surface area (Å²) in [4.78, 5) is 34.6. The van der Waals surface area contributed by atoms with Gasteiger partial charge < -0.3 is 10.3 Å². The van der Waals surface area contributed by atoms with E-state index in [1.807, 2.05) is 30.5 Å². The predicted molar refractivity (Wildman–Crippen MR) is 151 cm³/mol. The fraction of sp³-hybridized carbons (Fsp3) is 0.200. The monoisotopic (exact) mass is 514 g/mol. The molecule has 5 heterocycles. The zero-order valence-electron chi connectivity index (χ0n) is 21.4. The molecule has 5 aromatic heterocycles. The summed E-state index contributed by atoms with van der Waals surface area (Å²) >= 11 is 0. The average Bonchev–Trinajstić information content (AvgIpc) is 3.72. The minimum atomic E-state index is 0.0661. The Balaban J connectivity index is 1.25. The number of benzene rings is 1. The quantitative estimate of drug-likeness (QED) is 0.257. The van der Waals surface area contributed by atoms with Gasteiger partial charge in [-0.15, -0.1) is 0 Å². The van der Waals surface area contributed by atoms with Crippen molar-refractivity contribution in [3.63, 3.8) is 0 Å². The first-order valence-electron chi connectivity index (χ1n) is 13.1. The smallest absolute Gasteiger partial charge is 0.227 e. The van der Waals surface area contributed by atoms with Crippen LogP contribution in [0.15, 0.2) is 67.3 Å². The fourth-order valence-electron chi connectivity index (χ4n) is 5.37. The summed E-state index contributed by atoms with van der Waals surface area (Å²) in [5.41, 5.74) is 9.16. The maximum absolute atomic E-state index is 12.6. The van der Waals surface area contributed by atoms with Crippen molar-refractivity contribution in [2.45, 2.75) is 32.6 Å². The maximum Gasteiger partial charge on any atom is 0.227 e. The van der Waals surface area contributed by atoms with E-state index in [1.165, 1.54) is 5.56 Å². The molecule has 1 aromatic carbocycles. The van der Waals surface area contributed by atoms with Gasteiger partial charge in [-0.2, -0.15) is 5.10 Å². The lowest BCUT2D eigenvalue weighted by Crippen LogP contribution is -2.20. The van der Waals surface area contributed by atoms with Crippen LogP contribution in [-0.2, 0) is 4.79 Å². The number of imidazole rings is 1. The molecule has 0 aliphatic heterocycles. The zero-order valence-corrected chi connectivity index (χ0v) is 21.4. The number of amides is 1. The third-order valence-electron chi connectivity index (χ3n) is 7.38. The Labute approximate surface area is 224 Å². The van der Waals surface area contributed by atoms with E-state index in [4.69, 9.17) is 9.97 Å². The van der Waals surface area contributed by atoms with E-state index in [1.54, 1.807) is 18.6 Å². The first kappa shape index (κ1) is 23.2. The lowest BCUT2D eigenvalue weighted by molar-refractivity contribution is -0.119. The van der Waals surface area contributed by atoms with Crippen LogP contribution in [0.2, 0.25) is 0 Å². The highest BCUT2D eigenvalue weighted by atomic mass is 16.1. The lowest BCUT2D eigenvalue weighted by atomic mass is 10.0. The molecule has 0 unspecified atom stereocenters. The van der Waals surface area contributed by atoms with Crippen molar-refractivity contribution in [1.82, 2.24) is 35.1 Å². The van der Waals surface area contributed by atoms with Crippen molar-refractivity contribution >= 4 is 33.7 Å². The average molecular weight is 515 g/mol. The van der Waals surface area contributed by atoms with E-state index < -0.39 is 0 Å². The third-order valence-corrected chi connectivity index (χ3v) is 7.38. The summed E-state index contributed by atoms with van der Waals surface area (Å²) in [6, 6.07) is 14.1. The summed E-state index contributed by atoms with van der Waals surface area (Å²) in [7, 11) is 0. The number of anilines is 1. The lowest BCUT2D eigenvalue weighted by Gasteiger charge is -2.11. The molecule has 0 spiro atoms. The van der Waals surface area contributed by atoms with Gasteiger partial charge in [0, 0.05) is 29.4 Å². The second kappa shape index (κ2) is 9.43. The van der Waals surface area contributed by atoms with Crippen molar-refractivity contribution in [3.05, 3.63) is 72.8 Å². The minimum absolute atomic E-state index is 0.0661. The molecular formula is C30H26N8O. The highest BCUT2D eigenvalue weighted by Crippen LogP contribution is 2.32. The van der Waals surface area contributed by atoms with Crippen molar-refractivity contribution in [1.29, 1.82) is 0 Å². The first-order chi connectivity index (χ1) is 19.1. The number of H-pyrrole nitrogens is 2. The molecule has 0 bridgehead atoms. The minimum Gasteiger partial charge on any atom is -0.335 e. The molecule has 0 atom stereocenters. The number of aryl methyl sites for hydroxylation is 1. The number of aromatic nitrogens is 7. The van der Waals surface area contributed by atoms with Crippen LogP contribution in [0.1, 0.15) is 31.2 Å². The van der Waals surface area contributed by atoms with E-state index in [2.05, 4.69) is 55.6 Å². The number of nitrogens with zero attached hydrogens (tertiary/aromatic N) is 5. The molecule has 1 aliphatic rings. The van der Waals surface area contributed by atoms with Crippen molar-refractivity contribution in [2.24, 2.45) is 5.92 Å². The van der Waals surface area contributed by atoms with Crippen LogP contribution in [-0.4, -0.2) is 41.0 Å². The number of carbonyl (C=O) groups is 1. The second-order valence-corrected chi connectivity index (χ2v) is 10.1. The van der Waals surface area contributed by atoms with Gasteiger partial charge in [0.2, 0.25) is 5.91 Å². The van der Waals surface area contributed by atoms with Crippen molar-refractivity contribution in [3.8, 4) is 33.9 Å². The predicted octanol–water partition coefficient (Wildman–Crippen LogP) is 6.06. The van der Waals surface area contributed by atoms with Gasteiger partial charge in [-0.05, 0) is 43.5 Å². The van der Waals surface area contributed by atoms with Crippen LogP contribution in [0.3, 0.4) is 0 Å². The van der Waals surface area contributed by atoms with Crippen LogP contribution in [0.5, 0.6) is 0 Å². The van der Waals surface area contributed by atoms with Gasteiger partial charge in [0.25, 0.3) is 0 Å². The summed E-state index contributed by atoms with van der Waals surface area (Å²) < 4.78 is 0. The summed E-state index contributed by atoms with van der Waals surface area (Å²) in [5, 5.41) is 10.6. The number of aromatic amines is 2. The Kier molecular flexibility index (Phi) is 5.61. The number of hydrogen-bond acceptors (Lipinski definition) is 6. The normalized spacial score (nSPS) is 13.9. The largest absolute Gasteiger partial charge is 0.335 e. The molecule has 1 amide bonds. The highest BCUT2D eigenvalue weighted by Gasteiger charge is 2.23. The van der Waals surface area contributed by atoms with Crippen molar-refractivity contribution < 1.29 is 4.79 Å². The van der Waals surface area contributed by atoms with Gasteiger partial charge in [-0.25, -0.2) is 9.97 Å². The summed E-state index contributed by atoms with van der Waals surface area (Å²) in [5.74, 6) is 0.761. The fourth-order valence-corrected chi connectivity index (χ4v) is 5.37. The van der Waals surface area contributed by atoms with Gasteiger partial charge in [-0.1, -0.05) is 42.7 Å². The van der Waals surface area contributed by atoms with Crippen LogP contribution in [0, 0.1) is 12.8 Å². The Morgan fingerprint density at radius 3 is 2.64 bits per heavy atom. The second-order valence-electron chi connectivity index (χ2n) is 10.1. The molecule has 7 rings (SSSR count). The number of pyridine rings is 3. The standard InChI is InChI=1S/C30H26N8O/c1-17-5-4-8-19(11-17)22-15-32-16-25-26(22)36-29(35-25)28-27-24(37-38-28)10-9-23(34-27)20-12-21(14-31-13-20)33-30(39)18-6-2-3-7-18/h4-5,8-16,18H,2-3,6-7H2,1H3,(H,33,39)(H,35,36)(H,37,38). The van der Waals surface area contributed by atoms with Crippen molar-refractivity contribution in [2.75, 3.05) is 5.32 Å². The number of fused-ring (bicyclic) bond motifs is 2. The van der Waals surface area contributed by atoms with Gasteiger partial charge >= 0.3 is 0 Å². The molecule has 3 N–H and O–H groups in total. The van der Waals surface area contributed by atoms with E-state index >= 15 is 0 Å². The Bertz CT molecular complexity index is 1850. The van der Waals surface area contributed by atoms with E-state index in [-0.39, 0.29) is 11.8 Å². The molecule has 192 valence electrons. The molecule has 1 aliphatic carbocycles. The SMILES string of the molecule is Cc1cccc(-c2cncc3[nH]c(-c4n[nH]c5ccc(-c6cncc(NC(=O)C7CCCC7)c6)nc45)nc23)c1. The summed E-state index contributed by atoms with van der Waals surface area (Å²) in [6.45, 7) is 2.07. The maximum atomic E-state index is 12.6. The highest BCUT2D eigenvalue weighted by molar-refractivity contribution is 5.96. The molecule has 1 fully saturated rings. The number of hydrogen-bond donors (Lipinski definition) is 3. The van der Waals surface area contributed by atoms with E-state index in [0.29, 0.717) is 22.7 Å². The zero-order chi connectivity index (χ0) is 26.3. The van der Waals surface area contributed by atoms with E-state index in [9.17, 15) is 4.79 Å². The molecule has 39 heavy (non-hydrogen) atoms. The molecule has 6 aromatic rings. The number of carbonyl (C=O) groups excluding carboxylic acids is 1. The van der Waals surface area contributed by atoms with Crippen LogP contribution >= 0.6 is 0 Å². The van der Waals surface area contributed by atoms with Crippen LogP contribution in [0.4, 0.5) is 5.69 Å². The van der Waals surface area contributed by atoms with Gasteiger partial charge in [0.05, 0.1) is 40.3 Å². The first-order valence-corrected chi connectivity index (χ1v) is 13.1. The third kappa shape index (κ3) is 4.31. The van der Waals surface area contributed by atoms with Crippen LogP contribution < -0.4 is 5.32 Å². The van der Waals surface area contributed by atoms with Crippen LogP contribution in [0.25, 0.3) is 56.0 Å². The Hall–Kier alpha value is -4.92. The summed E-state index contributed by atoms with van der Waals surface area (Å²) in [6.07, 6.45) is 11.2. The number of rotatable bonds is 5. The Morgan fingerprint density at radius 2 is 1.77 bits per heavy atom. The van der Waals surface area contributed by atoms with Gasteiger partial charge in [0.15, 0.2) is 11.5 Å². The van der Waals surface area contributed by atoms with Gasteiger partial charge in [-0.3, -0.25) is 19.9 Å². The molecular weight excluding hydrogens is 488 g/mol. The topological polar surface area (TPSA) is 125 Å². The molecule has 0 saturated heterocycles. The van der Waals surface area contributed by atoms with E-state index in [0.717, 1.165) is 64.6 Å². The number of nitrogens with one attached hydrogen (secondary N) is 3. The molecule has 9 nitrogen and oxygen atoms in total. The molecule has 9 heteroatoms.